The maximum Gasteiger partial charge on any atom is 0.238 e. The third-order valence-electron chi connectivity index (χ3n) is 2.64. The molecule has 0 bridgehead atoms. The lowest BCUT2D eigenvalue weighted by Crippen LogP contribution is -2.30. The molecule has 5 nitrogen and oxygen atoms in total. The summed E-state index contributed by atoms with van der Waals surface area (Å²) in [5, 5.41) is 6.80. The van der Waals surface area contributed by atoms with Crippen molar-refractivity contribution in [2.75, 3.05) is 32.1 Å². The number of benzene rings is 1. The molecule has 0 radical (unpaired) electrons. The molecule has 5 heteroatoms. The second-order valence-corrected chi connectivity index (χ2v) is 4.13. The summed E-state index contributed by atoms with van der Waals surface area (Å²) in [4.78, 5) is 16.0. The number of hydrogen-bond donors (Lipinski definition) is 2. The number of ether oxygens (including phenoxy) is 1. The Morgan fingerprint density at radius 3 is 3.05 bits per heavy atom. The molecule has 0 aliphatic carbocycles. The highest BCUT2D eigenvalue weighted by atomic mass is 16.5. The van der Waals surface area contributed by atoms with Crippen molar-refractivity contribution in [2.45, 2.75) is 0 Å². The van der Waals surface area contributed by atoms with Crippen molar-refractivity contribution < 1.29 is 9.53 Å². The molecule has 1 heterocycles. The highest BCUT2D eigenvalue weighted by molar-refractivity contribution is 5.94. The number of fused-ring (bicyclic) bond motifs is 1. The number of methoxy groups -OCH3 is 1. The van der Waals surface area contributed by atoms with Gasteiger partial charge in [0.1, 0.15) is 0 Å². The van der Waals surface area contributed by atoms with Crippen LogP contribution in [0, 0.1) is 0 Å². The molecule has 0 aliphatic rings. The second kappa shape index (κ2) is 6.82. The Kier molecular flexibility index (Phi) is 4.83. The minimum Gasteiger partial charge on any atom is -0.383 e. The van der Waals surface area contributed by atoms with Gasteiger partial charge in [0.25, 0.3) is 0 Å². The average molecular weight is 259 g/mol. The zero-order valence-electron chi connectivity index (χ0n) is 10.8. The number of carbonyl (C=O) groups is 1. The number of rotatable bonds is 6. The topological polar surface area (TPSA) is 63.2 Å². The first-order valence-electron chi connectivity index (χ1n) is 6.14. The van der Waals surface area contributed by atoms with E-state index in [-0.39, 0.29) is 12.5 Å². The number of amides is 1. The van der Waals surface area contributed by atoms with Gasteiger partial charge in [0.15, 0.2) is 0 Å². The molecular formula is C14H17N3O2. The molecular weight excluding hydrogens is 242 g/mol. The summed E-state index contributed by atoms with van der Waals surface area (Å²) in [5.41, 5.74) is 1.62. The molecule has 0 saturated carbocycles. The zero-order chi connectivity index (χ0) is 13.5. The van der Waals surface area contributed by atoms with Gasteiger partial charge in [-0.2, -0.15) is 0 Å². The Balaban J connectivity index is 1.91. The van der Waals surface area contributed by atoms with Crippen molar-refractivity contribution in [3.8, 4) is 0 Å². The Labute approximate surface area is 112 Å². The van der Waals surface area contributed by atoms with E-state index >= 15 is 0 Å². The van der Waals surface area contributed by atoms with E-state index in [1.165, 1.54) is 0 Å². The van der Waals surface area contributed by atoms with Crippen molar-refractivity contribution in [3.05, 3.63) is 36.5 Å². The van der Waals surface area contributed by atoms with Crippen LogP contribution in [0.2, 0.25) is 0 Å². The summed E-state index contributed by atoms with van der Waals surface area (Å²) in [6.45, 7) is 1.50. The number of nitrogens with zero attached hydrogens (tertiary/aromatic N) is 1. The van der Waals surface area contributed by atoms with E-state index in [1.54, 1.807) is 13.3 Å². The molecule has 19 heavy (non-hydrogen) atoms. The standard InChI is InChI=1S/C14H17N3O2/c1-19-7-6-15-10-14(18)17-12-8-11-4-2-3-5-13(11)16-9-12/h2-5,8-9,15H,6-7,10H2,1H3,(H,17,18). The molecule has 1 amide bonds. The van der Waals surface area contributed by atoms with Crippen LogP contribution in [0.15, 0.2) is 36.5 Å². The van der Waals surface area contributed by atoms with Gasteiger partial charge in [-0.3, -0.25) is 9.78 Å². The fourth-order valence-electron chi connectivity index (χ4n) is 1.72. The molecule has 100 valence electrons. The van der Waals surface area contributed by atoms with Gasteiger partial charge >= 0.3 is 0 Å². The van der Waals surface area contributed by atoms with Crippen molar-refractivity contribution >= 4 is 22.5 Å². The third-order valence-corrected chi connectivity index (χ3v) is 2.64. The first kappa shape index (κ1) is 13.5. The monoisotopic (exact) mass is 259 g/mol. The van der Waals surface area contributed by atoms with Gasteiger partial charge in [-0.15, -0.1) is 0 Å². The number of carbonyl (C=O) groups excluding carboxylic acids is 1. The van der Waals surface area contributed by atoms with Crippen molar-refractivity contribution in [1.82, 2.24) is 10.3 Å². The van der Waals surface area contributed by atoms with Gasteiger partial charge in [-0.25, -0.2) is 0 Å². The molecule has 0 atom stereocenters. The molecule has 1 aromatic carbocycles. The molecule has 2 N–H and O–H groups in total. The van der Waals surface area contributed by atoms with Crippen LogP contribution in [-0.4, -0.2) is 37.7 Å². The summed E-state index contributed by atoms with van der Waals surface area (Å²) in [6.07, 6.45) is 1.66. The van der Waals surface area contributed by atoms with E-state index in [1.807, 2.05) is 30.3 Å². The van der Waals surface area contributed by atoms with Crippen LogP contribution in [0.25, 0.3) is 10.9 Å². The van der Waals surface area contributed by atoms with E-state index in [2.05, 4.69) is 15.6 Å². The van der Waals surface area contributed by atoms with Crippen LogP contribution < -0.4 is 10.6 Å². The van der Waals surface area contributed by atoms with E-state index in [4.69, 9.17) is 4.74 Å². The maximum atomic E-state index is 11.7. The molecule has 0 aliphatic heterocycles. The van der Waals surface area contributed by atoms with E-state index in [0.29, 0.717) is 18.8 Å². The summed E-state index contributed by atoms with van der Waals surface area (Å²) in [6, 6.07) is 9.70. The van der Waals surface area contributed by atoms with Crippen LogP contribution in [0.3, 0.4) is 0 Å². The largest absolute Gasteiger partial charge is 0.383 e. The molecule has 1 aromatic heterocycles. The van der Waals surface area contributed by atoms with Crippen LogP contribution in [0.5, 0.6) is 0 Å². The molecule has 2 rings (SSSR count). The normalized spacial score (nSPS) is 10.6. The molecule has 0 saturated heterocycles. The Morgan fingerprint density at radius 2 is 2.21 bits per heavy atom. The summed E-state index contributed by atoms with van der Waals surface area (Å²) in [5.74, 6) is -0.0896. The lowest BCUT2D eigenvalue weighted by molar-refractivity contribution is -0.115. The van der Waals surface area contributed by atoms with Gasteiger partial charge in [-0.05, 0) is 12.1 Å². The fraction of sp³-hybridized carbons (Fsp3) is 0.286. The van der Waals surface area contributed by atoms with Gasteiger partial charge < -0.3 is 15.4 Å². The Bertz CT molecular complexity index is 557. The summed E-state index contributed by atoms with van der Waals surface area (Å²) in [7, 11) is 1.63. The Hall–Kier alpha value is -1.98. The summed E-state index contributed by atoms with van der Waals surface area (Å²) >= 11 is 0. The fourth-order valence-corrected chi connectivity index (χ4v) is 1.72. The molecule has 2 aromatic rings. The quantitative estimate of drug-likeness (QED) is 0.770. The van der Waals surface area contributed by atoms with Gasteiger partial charge in [-0.1, -0.05) is 18.2 Å². The van der Waals surface area contributed by atoms with Crippen LogP contribution in [0.1, 0.15) is 0 Å². The smallest absolute Gasteiger partial charge is 0.238 e. The second-order valence-electron chi connectivity index (χ2n) is 4.13. The van der Waals surface area contributed by atoms with Crippen LogP contribution in [0.4, 0.5) is 5.69 Å². The van der Waals surface area contributed by atoms with Crippen molar-refractivity contribution in [1.29, 1.82) is 0 Å². The molecule has 0 unspecified atom stereocenters. The van der Waals surface area contributed by atoms with Gasteiger partial charge in [0, 0.05) is 19.0 Å². The zero-order valence-corrected chi connectivity index (χ0v) is 10.8. The first-order valence-corrected chi connectivity index (χ1v) is 6.14. The predicted octanol–water partition coefficient (Wildman–Crippen LogP) is 1.41. The van der Waals surface area contributed by atoms with E-state index in [0.717, 1.165) is 10.9 Å². The lowest BCUT2D eigenvalue weighted by Gasteiger charge is -2.07. The summed E-state index contributed by atoms with van der Waals surface area (Å²) < 4.78 is 4.89. The predicted molar refractivity (Wildman–Crippen MR) is 75.1 cm³/mol. The van der Waals surface area contributed by atoms with Gasteiger partial charge in [0.05, 0.1) is 30.6 Å². The third kappa shape index (κ3) is 4.01. The number of nitrogens with one attached hydrogen (secondary N) is 2. The minimum atomic E-state index is -0.0896. The molecule has 0 spiro atoms. The van der Waals surface area contributed by atoms with E-state index in [9.17, 15) is 4.79 Å². The van der Waals surface area contributed by atoms with Crippen molar-refractivity contribution in [2.24, 2.45) is 0 Å². The number of pyridine rings is 1. The average Bonchev–Trinajstić information content (AvgIpc) is 2.43. The molecule has 0 fully saturated rings. The lowest BCUT2D eigenvalue weighted by atomic mass is 10.2. The highest BCUT2D eigenvalue weighted by Gasteiger charge is 2.03. The number of para-hydroxylation sites is 1. The Morgan fingerprint density at radius 1 is 1.37 bits per heavy atom. The van der Waals surface area contributed by atoms with Gasteiger partial charge in [0.2, 0.25) is 5.91 Å². The van der Waals surface area contributed by atoms with Crippen molar-refractivity contribution in [3.63, 3.8) is 0 Å². The van der Waals surface area contributed by atoms with Crippen LogP contribution in [-0.2, 0) is 9.53 Å². The van der Waals surface area contributed by atoms with Crippen LogP contribution >= 0.6 is 0 Å². The number of hydrogen-bond acceptors (Lipinski definition) is 4. The SMILES string of the molecule is COCCNCC(=O)Nc1cnc2ccccc2c1. The first-order chi connectivity index (χ1) is 9.29. The highest BCUT2D eigenvalue weighted by Crippen LogP contribution is 2.15. The number of aromatic nitrogens is 1. The minimum absolute atomic E-state index is 0.0896. The number of anilines is 1. The maximum absolute atomic E-state index is 11.7. The van der Waals surface area contributed by atoms with E-state index < -0.39 is 0 Å².